The van der Waals surface area contributed by atoms with E-state index in [1.807, 2.05) is 24.3 Å². The summed E-state index contributed by atoms with van der Waals surface area (Å²) in [6.45, 7) is 0. The van der Waals surface area contributed by atoms with Crippen LogP contribution in [0.1, 0.15) is 46.4 Å². The second kappa shape index (κ2) is 9.31. The van der Waals surface area contributed by atoms with Gasteiger partial charge in [0.2, 0.25) is 17.7 Å². The van der Waals surface area contributed by atoms with E-state index < -0.39 is 5.91 Å². The summed E-state index contributed by atoms with van der Waals surface area (Å²) < 4.78 is 1.64. The highest BCUT2D eigenvalue weighted by Crippen LogP contribution is 2.19. The van der Waals surface area contributed by atoms with Gasteiger partial charge in [-0.15, -0.1) is 0 Å². The van der Waals surface area contributed by atoms with E-state index >= 15 is 0 Å². The Bertz CT molecular complexity index is 912. The molecule has 0 spiro atoms. The summed E-state index contributed by atoms with van der Waals surface area (Å²) in [5.41, 5.74) is 17.5. The number of hydrogen-bond acceptors (Lipinski definition) is 4. The van der Waals surface area contributed by atoms with Crippen molar-refractivity contribution < 1.29 is 19.2 Å². The molecule has 6 N–H and O–H groups in total. The van der Waals surface area contributed by atoms with Gasteiger partial charge in [-0.1, -0.05) is 0 Å². The normalized spacial score (nSPS) is 10.3. The zero-order valence-corrected chi connectivity index (χ0v) is 15.3. The molecule has 2 heterocycles. The van der Waals surface area contributed by atoms with Crippen molar-refractivity contribution in [2.75, 3.05) is 0 Å². The maximum absolute atomic E-state index is 12.3. The molecule has 0 saturated carbocycles. The van der Waals surface area contributed by atoms with Gasteiger partial charge in [0.05, 0.1) is 0 Å². The fourth-order valence-electron chi connectivity index (χ4n) is 2.64. The molecule has 3 amide bonds. The smallest absolute Gasteiger partial charge is 0.262 e. The fraction of sp³-hybridized carbons (Fsp3) is 0.200. The molecule has 0 fully saturated rings. The van der Waals surface area contributed by atoms with Crippen LogP contribution in [0.25, 0.3) is 11.0 Å². The van der Waals surface area contributed by atoms with Gasteiger partial charge in [0.1, 0.15) is 0 Å². The number of benzene rings is 2. The molecule has 3 aromatic rings. The SMILES string of the molecule is NC(=O)CCCCC(N)=O.NC(=O)c1ccc(C(=O)n2c3ccc2cc3)cc1. The predicted octanol–water partition coefficient (Wildman–Crippen LogP) is 1.38. The monoisotopic (exact) mass is 382 g/mol. The molecule has 0 aliphatic carbocycles. The number of fused-ring (bicyclic) bond motifs is 2. The molecule has 2 bridgehead atoms. The molecule has 3 rings (SSSR count). The Labute approximate surface area is 161 Å². The summed E-state index contributed by atoms with van der Waals surface area (Å²) in [5.74, 6) is -1.26. The highest BCUT2D eigenvalue weighted by molar-refractivity contribution is 6.03. The number of nitrogens with two attached hydrogens (primary N) is 3. The zero-order chi connectivity index (χ0) is 20.7. The number of carbonyl (C=O) groups excluding carboxylic acids is 4. The lowest BCUT2D eigenvalue weighted by atomic mass is 10.1. The van der Waals surface area contributed by atoms with E-state index in [1.54, 1.807) is 28.8 Å². The van der Waals surface area contributed by atoms with Crippen LogP contribution in [0.3, 0.4) is 0 Å². The molecule has 0 radical (unpaired) electrons. The minimum absolute atomic E-state index is 0.106. The first-order valence-electron chi connectivity index (χ1n) is 8.70. The van der Waals surface area contributed by atoms with Crippen molar-refractivity contribution in [1.29, 1.82) is 0 Å². The van der Waals surface area contributed by atoms with Crippen molar-refractivity contribution in [3.05, 3.63) is 59.7 Å². The number of nitrogens with zero attached hydrogens (tertiary/aromatic N) is 1. The van der Waals surface area contributed by atoms with Crippen LogP contribution in [0.5, 0.6) is 0 Å². The lowest BCUT2D eigenvalue weighted by Crippen LogP contribution is -2.13. The molecule has 0 unspecified atom stereocenters. The molecule has 2 aromatic heterocycles. The van der Waals surface area contributed by atoms with Gasteiger partial charge < -0.3 is 17.2 Å². The van der Waals surface area contributed by atoms with Crippen molar-refractivity contribution in [2.24, 2.45) is 17.2 Å². The quantitative estimate of drug-likeness (QED) is 0.529. The molecule has 8 nitrogen and oxygen atoms in total. The van der Waals surface area contributed by atoms with E-state index in [0.29, 0.717) is 36.8 Å². The average molecular weight is 382 g/mol. The second-order valence-corrected chi connectivity index (χ2v) is 6.24. The lowest BCUT2D eigenvalue weighted by Gasteiger charge is -2.03. The van der Waals surface area contributed by atoms with Crippen LogP contribution >= 0.6 is 0 Å². The third kappa shape index (κ3) is 5.41. The van der Waals surface area contributed by atoms with Crippen molar-refractivity contribution >= 4 is 34.7 Å². The van der Waals surface area contributed by atoms with Crippen LogP contribution in [0.2, 0.25) is 0 Å². The average Bonchev–Trinajstić information content (AvgIpc) is 3.25. The third-order valence-electron chi connectivity index (χ3n) is 4.08. The summed E-state index contributed by atoms with van der Waals surface area (Å²) in [6, 6.07) is 13.9. The Morgan fingerprint density at radius 1 is 0.643 bits per heavy atom. The number of unbranched alkanes of at least 4 members (excludes halogenated alkanes) is 1. The highest BCUT2D eigenvalue weighted by atomic mass is 16.2. The van der Waals surface area contributed by atoms with Gasteiger partial charge in [-0.2, -0.15) is 0 Å². The molecule has 8 heteroatoms. The van der Waals surface area contributed by atoms with Gasteiger partial charge in [0, 0.05) is 35.0 Å². The van der Waals surface area contributed by atoms with Crippen LogP contribution < -0.4 is 17.2 Å². The lowest BCUT2D eigenvalue weighted by molar-refractivity contribution is -0.119. The Kier molecular flexibility index (Phi) is 6.86. The van der Waals surface area contributed by atoms with Crippen molar-refractivity contribution in [1.82, 2.24) is 4.57 Å². The molecular formula is C20H22N4O4. The summed E-state index contributed by atoms with van der Waals surface area (Å²) in [6.07, 6.45) is 1.98. The van der Waals surface area contributed by atoms with Crippen LogP contribution in [0.15, 0.2) is 48.5 Å². The molecular weight excluding hydrogens is 360 g/mol. The first-order chi connectivity index (χ1) is 13.3. The summed E-state index contributed by atoms with van der Waals surface area (Å²) >= 11 is 0. The molecule has 0 aliphatic rings. The Morgan fingerprint density at radius 2 is 1.04 bits per heavy atom. The van der Waals surface area contributed by atoms with Gasteiger partial charge in [-0.3, -0.25) is 23.7 Å². The van der Waals surface area contributed by atoms with Gasteiger partial charge in [-0.25, -0.2) is 0 Å². The zero-order valence-electron chi connectivity index (χ0n) is 15.3. The van der Waals surface area contributed by atoms with E-state index in [0.717, 1.165) is 11.0 Å². The van der Waals surface area contributed by atoms with Gasteiger partial charge >= 0.3 is 0 Å². The van der Waals surface area contributed by atoms with Crippen LogP contribution in [-0.2, 0) is 9.59 Å². The number of aromatic nitrogens is 1. The molecule has 0 aliphatic heterocycles. The number of primary amides is 3. The molecule has 146 valence electrons. The summed E-state index contributed by atoms with van der Waals surface area (Å²) in [4.78, 5) is 43.5. The highest BCUT2D eigenvalue weighted by Gasteiger charge is 2.14. The van der Waals surface area contributed by atoms with Crippen LogP contribution in [0, 0.1) is 0 Å². The topological polar surface area (TPSA) is 151 Å². The maximum Gasteiger partial charge on any atom is 0.262 e. The maximum atomic E-state index is 12.3. The van der Waals surface area contributed by atoms with E-state index in [2.05, 4.69) is 0 Å². The van der Waals surface area contributed by atoms with Gasteiger partial charge in [0.15, 0.2) is 0 Å². The largest absolute Gasteiger partial charge is 0.370 e. The van der Waals surface area contributed by atoms with Crippen LogP contribution in [0.4, 0.5) is 0 Å². The first-order valence-corrected chi connectivity index (χ1v) is 8.70. The van der Waals surface area contributed by atoms with E-state index in [-0.39, 0.29) is 17.7 Å². The number of carbonyl (C=O) groups is 4. The molecule has 0 saturated heterocycles. The third-order valence-corrected chi connectivity index (χ3v) is 4.08. The predicted molar refractivity (Wildman–Crippen MR) is 105 cm³/mol. The number of hydrogen-bond donors (Lipinski definition) is 3. The van der Waals surface area contributed by atoms with Crippen LogP contribution in [-0.4, -0.2) is 28.2 Å². The second-order valence-electron chi connectivity index (χ2n) is 6.24. The minimum Gasteiger partial charge on any atom is -0.370 e. The minimum atomic E-state index is -0.498. The van der Waals surface area contributed by atoms with E-state index in [4.69, 9.17) is 17.2 Å². The number of amides is 3. The Balaban J connectivity index is 0.000000242. The van der Waals surface area contributed by atoms with E-state index in [1.165, 1.54) is 0 Å². The Morgan fingerprint density at radius 3 is 1.39 bits per heavy atom. The summed E-state index contributed by atoms with van der Waals surface area (Å²) in [5, 5.41) is 0. The first kappa shape index (κ1) is 20.6. The van der Waals surface area contributed by atoms with Crippen molar-refractivity contribution in [3.8, 4) is 0 Å². The van der Waals surface area contributed by atoms with Crippen molar-refractivity contribution in [2.45, 2.75) is 25.7 Å². The Hall–Kier alpha value is -3.68. The molecule has 0 atom stereocenters. The van der Waals surface area contributed by atoms with Gasteiger partial charge in [-0.05, 0) is 61.4 Å². The van der Waals surface area contributed by atoms with Gasteiger partial charge in [0.25, 0.3) is 5.91 Å². The molecule has 28 heavy (non-hydrogen) atoms. The molecule has 1 aromatic carbocycles. The van der Waals surface area contributed by atoms with E-state index in [9.17, 15) is 19.2 Å². The standard InChI is InChI=1S/C14H10N2O2.C6H12N2O2/c15-13(17)9-1-3-10(4-2-9)14(18)16-11-5-6-12(16)8-7-11;7-5(9)3-1-2-4-6(8)10/h1-8H,(H2,15,17);1-4H2,(H2,7,9)(H2,8,10). The van der Waals surface area contributed by atoms with Crippen molar-refractivity contribution in [3.63, 3.8) is 0 Å². The number of rotatable bonds is 7. The summed E-state index contributed by atoms with van der Waals surface area (Å²) in [7, 11) is 0. The fourth-order valence-corrected chi connectivity index (χ4v) is 2.64.